The number of hydrogen-bond donors (Lipinski definition) is 1. The van der Waals surface area contributed by atoms with Crippen LogP contribution in [0.15, 0.2) is 91.5 Å². The van der Waals surface area contributed by atoms with Crippen LogP contribution in [0, 0.1) is 18.6 Å². The summed E-state index contributed by atoms with van der Waals surface area (Å²) >= 11 is 1.58. The summed E-state index contributed by atoms with van der Waals surface area (Å²) in [6, 6.07) is 23.9. The molecule has 8 heteroatoms. The van der Waals surface area contributed by atoms with E-state index in [9.17, 15) is 18.4 Å². The number of ether oxygens (including phenoxy) is 1. The first kappa shape index (κ1) is 32.5. The van der Waals surface area contributed by atoms with Gasteiger partial charge in [0, 0.05) is 30.4 Å². The summed E-state index contributed by atoms with van der Waals surface area (Å²) in [5.41, 5.74) is 6.19. The molecule has 0 spiro atoms. The molecule has 44 heavy (non-hydrogen) atoms. The molecule has 0 aliphatic rings. The maximum absolute atomic E-state index is 14.1. The molecule has 0 saturated heterocycles. The second kappa shape index (κ2) is 15.3. The number of rotatable bonds is 13. The zero-order valence-corrected chi connectivity index (χ0v) is 25.9. The van der Waals surface area contributed by atoms with E-state index in [1.807, 2.05) is 78.7 Å². The van der Waals surface area contributed by atoms with Crippen molar-refractivity contribution >= 4 is 35.4 Å². The smallest absolute Gasteiger partial charge is 0.328 e. The van der Waals surface area contributed by atoms with Crippen molar-refractivity contribution in [2.75, 3.05) is 24.0 Å². The maximum atomic E-state index is 14.1. The van der Waals surface area contributed by atoms with Crippen molar-refractivity contribution in [1.82, 2.24) is 5.32 Å². The van der Waals surface area contributed by atoms with Crippen LogP contribution in [-0.2, 0) is 22.6 Å². The Kier molecular flexibility index (Phi) is 11.3. The fourth-order valence-corrected chi connectivity index (χ4v) is 5.52. The van der Waals surface area contributed by atoms with Gasteiger partial charge in [0.1, 0.15) is 17.7 Å². The zero-order valence-electron chi connectivity index (χ0n) is 25.1. The molecule has 5 nitrogen and oxygen atoms in total. The van der Waals surface area contributed by atoms with Crippen LogP contribution in [0.3, 0.4) is 0 Å². The van der Waals surface area contributed by atoms with Gasteiger partial charge in [-0.3, -0.25) is 4.79 Å². The second-order valence-electron chi connectivity index (χ2n) is 10.5. The molecule has 1 N–H and O–H groups in total. The predicted octanol–water partition coefficient (Wildman–Crippen LogP) is 7.81. The van der Waals surface area contributed by atoms with Crippen molar-refractivity contribution in [2.45, 2.75) is 32.5 Å². The minimum Gasteiger partial charge on any atom is -0.467 e. The van der Waals surface area contributed by atoms with E-state index >= 15 is 0 Å². The molecule has 0 bridgehead atoms. The van der Waals surface area contributed by atoms with Crippen LogP contribution in [0.5, 0.6) is 0 Å². The largest absolute Gasteiger partial charge is 0.467 e. The molecule has 4 aromatic carbocycles. The number of aryl methyl sites for hydroxylation is 1. The molecule has 0 radical (unpaired) electrons. The average Bonchev–Trinajstić information content (AvgIpc) is 3.02. The Bertz CT molecular complexity index is 1600. The third kappa shape index (κ3) is 8.35. The minimum absolute atomic E-state index is 0.250. The van der Waals surface area contributed by atoms with Gasteiger partial charge in [-0.05, 0) is 95.1 Å². The molecular weight excluding hydrogens is 578 g/mol. The fraction of sp³-hybridized carbons (Fsp3) is 0.222. The quantitative estimate of drug-likeness (QED) is 0.156. The standard InChI is InChI=1S/C36H36F2N2O3S/c1-5-25-10-13-30(14-11-25)40(23-27-18-28(37)21-29(38)19-27)22-26-12-15-32(33(20-26)31-9-7-6-8-24(31)2)35(41)39-34(16-17-44-4)36(42)43-3/h5-15,18-21,34H,1,16-17,22-23H2,2-4H3,(H,39,41). The van der Waals surface area contributed by atoms with Gasteiger partial charge in [-0.25, -0.2) is 13.6 Å². The van der Waals surface area contributed by atoms with Gasteiger partial charge in [-0.1, -0.05) is 55.1 Å². The molecule has 4 rings (SSSR count). The molecule has 0 aromatic heterocycles. The van der Waals surface area contributed by atoms with E-state index < -0.39 is 23.6 Å². The first-order valence-corrected chi connectivity index (χ1v) is 15.6. The monoisotopic (exact) mass is 614 g/mol. The highest BCUT2D eigenvalue weighted by Crippen LogP contribution is 2.30. The predicted molar refractivity (Wildman–Crippen MR) is 176 cm³/mol. The number of benzene rings is 4. The minimum atomic E-state index is -0.773. The molecule has 0 aliphatic heterocycles. The normalized spacial score (nSPS) is 11.5. The van der Waals surface area contributed by atoms with E-state index in [-0.39, 0.29) is 12.5 Å². The Labute approximate surface area is 261 Å². The lowest BCUT2D eigenvalue weighted by atomic mass is 9.93. The lowest BCUT2D eigenvalue weighted by molar-refractivity contribution is -0.142. The van der Waals surface area contributed by atoms with Crippen LogP contribution >= 0.6 is 11.8 Å². The summed E-state index contributed by atoms with van der Waals surface area (Å²) in [5.74, 6) is -1.46. The molecular formula is C36H36F2N2O3S. The van der Waals surface area contributed by atoms with Gasteiger partial charge in [-0.2, -0.15) is 11.8 Å². The van der Waals surface area contributed by atoms with E-state index in [1.54, 1.807) is 23.9 Å². The van der Waals surface area contributed by atoms with Crippen LogP contribution in [0.4, 0.5) is 14.5 Å². The van der Waals surface area contributed by atoms with Crippen molar-refractivity contribution in [2.24, 2.45) is 0 Å². The number of anilines is 1. The molecule has 0 aliphatic carbocycles. The first-order chi connectivity index (χ1) is 21.2. The highest BCUT2D eigenvalue weighted by Gasteiger charge is 2.24. The molecule has 1 atom stereocenters. The number of thioether (sulfide) groups is 1. The van der Waals surface area contributed by atoms with Crippen LogP contribution in [-0.4, -0.2) is 37.0 Å². The Morgan fingerprint density at radius 2 is 1.61 bits per heavy atom. The lowest BCUT2D eigenvalue weighted by Crippen LogP contribution is -2.42. The Balaban J connectivity index is 1.74. The van der Waals surface area contributed by atoms with Crippen LogP contribution in [0.2, 0.25) is 0 Å². The third-order valence-corrected chi connectivity index (χ3v) is 7.97. The summed E-state index contributed by atoms with van der Waals surface area (Å²) in [6.45, 7) is 6.44. The van der Waals surface area contributed by atoms with E-state index in [2.05, 4.69) is 11.9 Å². The molecule has 1 amide bonds. The summed E-state index contributed by atoms with van der Waals surface area (Å²) in [5, 5.41) is 2.87. The van der Waals surface area contributed by atoms with Crippen LogP contribution in [0.1, 0.15) is 39.0 Å². The number of carbonyl (C=O) groups is 2. The van der Waals surface area contributed by atoms with Crippen LogP contribution in [0.25, 0.3) is 17.2 Å². The topological polar surface area (TPSA) is 58.6 Å². The Morgan fingerprint density at radius 3 is 2.25 bits per heavy atom. The number of nitrogens with zero attached hydrogens (tertiary/aromatic N) is 1. The van der Waals surface area contributed by atoms with Crippen molar-refractivity contribution < 1.29 is 23.1 Å². The number of carbonyl (C=O) groups excluding carboxylic acids is 2. The summed E-state index contributed by atoms with van der Waals surface area (Å²) in [6.07, 6.45) is 4.13. The highest BCUT2D eigenvalue weighted by molar-refractivity contribution is 7.98. The number of methoxy groups -OCH3 is 1. The number of nitrogens with one attached hydrogen (secondary N) is 1. The molecule has 0 saturated carbocycles. The van der Waals surface area contributed by atoms with Crippen molar-refractivity contribution in [1.29, 1.82) is 0 Å². The van der Waals surface area contributed by atoms with Crippen molar-refractivity contribution in [3.05, 3.63) is 131 Å². The van der Waals surface area contributed by atoms with Gasteiger partial charge < -0.3 is 15.0 Å². The van der Waals surface area contributed by atoms with E-state index in [1.165, 1.54) is 19.2 Å². The van der Waals surface area contributed by atoms with Crippen molar-refractivity contribution in [3.8, 4) is 11.1 Å². The summed E-state index contributed by atoms with van der Waals surface area (Å²) in [7, 11) is 1.31. The Morgan fingerprint density at radius 1 is 0.932 bits per heavy atom. The van der Waals surface area contributed by atoms with Gasteiger partial charge >= 0.3 is 5.97 Å². The summed E-state index contributed by atoms with van der Waals surface area (Å²) < 4.78 is 33.1. The second-order valence-corrected chi connectivity index (χ2v) is 11.4. The first-order valence-electron chi connectivity index (χ1n) is 14.2. The molecule has 4 aromatic rings. The van der Waals surface area contributed by atoms with Gasteiger partial charge in [0.25, 0.3) is 5.91 Å². The zero-order chi connectivity index (χ0) is 31.6. The lowest BCUT2D eigenvalue weighted by Gasteiger charge is -2.26. The fourth-order valence-electron chi connectivity index (χ4n) is 5.05. The SMILES string of the molecule is C=Cc1ccc(N(Cc2cc(F)cc(F)c2)Cc2ccc(C(=O)NC(CCSC)C(=O)OC)c(-c3ccccc3C)c2)cc1. The Hall–Kier alpha value is -4.43. The van der Waals surface area contributed by atoms with E-state index in [4.69, 9.17) is 4.74 Å². The number of amides is 1. The summed E-state index contributed by atoms with van der Waals surface area (Å²) in [4.78, 5) is 28.1. The maximum Gasteiger partial charge on any atom is 0.328 e. The number of hydrogen-bond acceptors (Lipinski definition) is 5. The van der Waals surface area contributed by atoms with E-state index in [0.717, 1.165) is 34.0 Å². The van der Waals surface area contributed by atoms with E-state index in [0.29, 0.717) is 35.4 Å². The third-order valence-electron chi connectivity index (χ3n) is 7.33. The van der Waals surface area contributed by atoms with Gasteiger partial charge in [0.15, 0.2) is 0 Å². The average molecular weight is 615 g/mol. The van der Waals surface area contributed by atoms with Crippen LogP contribution < -0.4 is 10.2 Å². The van der Waals surface area contributed by atoms with Gasteiger partial charge in [0.2, 0.25) is 0 Å². The molecule has 1 unspecified atom stereocenters. The highest BCUT2D eigenvalue weighted by atomic mass is 32.2. The van der Waals surface area contributed by atoms with Crippen molar-refractivity contribution in [3.63, 3.8) is 0 Å². The number of halogens is 2. The van der Waals surface area contributed by atoms with Gasteiger partial charge in [-0.15, -0.1) is 0 Å². The molecule has 228 valence electrons. The molecule has 0 heterocycles. The number of esters is 1. The van der Waals surface area contributed by atoms with Gasteiger partial charge in [0.05, 0.1) is 7.11 Å². The molecule has 0 fully saturated rings.